The Morgan fingerprint density at radius 3 is 2.62 bits per heavy atom. The van der Waals surface area contributed by atoms with Crippen LogP contribution >= 0.6 is 0 Å². The van der Waals surface area contributed by atoms with Crippen LogP contribution in [0.1, 0.15) is 42.1 Å². The number of hydrogen-bond acceptors (Lipinski definition) is 8. The van der Waals surface area contributed by atoms with Gasteiger partial charge in [0.05, 0.1) is 39.0 Å². The zero-order chi connectivity index (χ0) is 28.4. The lowest BCUT2D eigenvalue weighted by atomic mass is 9.82. The SMILES string of the molecule is CCOc1cc(C(=O)N2CCC3(CCc4cc(NC(=O)OC)ccc4O3)CC2=O)cc(OC)c1-c1cnn(C)c1. The Morgan fingerprint density at radius 1 is 1.15 bits per heavy atom. The molecular weight excluding hydrogens is 516 g/mol. The van der Waals surface area contributed by atoms with Gasteiger partial charge < -0.3 is 18.9 Å². The number of ether oxygens (including phenoxy) is 4. The van der Waals surface area contributed by atoms with E-state index in [0.29, 0.717) is 59.9 Å². The topological polar surface area (TPSA) is 121 Å². The number of rotatable bonds is 6. The van der Waals surface area contributed by atoms with E-state index < -0.39 is 17.6 Å². The molecule has 1 spiro atoms. The Labute approximate surface area is 231 Å². The summed E-state index contributed by atoms with van der Waals surface area (Å²) in [5.41, 5.74) is 2.65. The number of hydrogen-bond donors (Lipinski definition) is 1. The first-order valence-electron chi connectivity index (χ1n) is 13.1. The lowest BCUT2D eigenvalue weighted by molar-refractivity contribution is -0.139. The summed E-state index contributed by atoms with van der Waals surface area (Å²) in [5.74, 6) is 0.902. The van der Waals surface area contributed by atoms with E-state index >= 15 is 0 Å². The number of carbonyl (C=O) groups is 3. The monoisotopic (exact) mass is 548 g/mol. The number of piperidine rings is 1. The summed E-state index contributed by atoms with van der Waals surface area (Å²) >= 11 is 0. The molecule has 3 heterocycles. The standard InChI is InChI=1S/C29H32N4O7/c1-5-39-24-14-19(13-23(37-3)26(24)20-16-30-32(2)17-20)27(35)33-11-10-29(15-25(33)34)9-8-18-12-21(31-28(36)38-4)6-7-22(18)40-29/h6-7,12-14,16-17H,5,8-11,15H2,1-4H3,(H,31,36). The summed E-state index contributed by atoms with van der Waals surface area (Å²) in [4.78, 5) is 39.8. The van der Waals surface area contributed by atoms with Crippen molar-refractivity contribution in [3.8, 4) is 28.4 Å². The van der Waals surface area contributed by atoms with E-state index in [2.05, 4.69) is 15.2 Å². The van der Waals surface area contributed by atoms with Crippen molar-refractivity contribution in [1.29, 1.82) is 0 Å². The van der Waals surface area contributed by atoms with E-state index in [1.165, 1.54) is 19.1 Å². The largest absolute Gasteiger partial charge is 0.496 e. The van der Waals surface area contributed by atoms with Gasteiger partial charge in [-0.05, 0) is 55.7 Å². The molecule has 1 aromatic heterocycles. The van der Waals surface area contributed by atoms with Crippen LogP contribution in [0.2, 0.25) is 0 Å². The van der Waals surface area contributed by atoms with Crippen molar-refractivity contribution in [2.24, 2.45) is 7.05 Å². The van der Waals surface area contributed by atoms with Gasteiger partial charge in [0.15, 0.2) is 0 Å². The van der Waals surface area contributed by atoms with Gasteiger partial charge in [0.25, 0.3) is 5.91 Å². The first kappa shape index (κ1) is 27.0. The maximum absolute atomic E-state index is 13.6. The molecule has 1 atom stereocenters. The molecule has 0 saturated carbocycles. The molecule has 2 aliphatic rings. The molecule has 5 rings (SSSR count). The Morgan fingerprint density at radius 2 is 1.95 bits per heavy atom. The first-order valence-corrected chi connectivity index (χ1v) is 13.1. The zero-order valence-corrected chi connectivity index (χ0v) is 23.0. The molecule has 1 N–H and O–H groups in total. The molecule has 0 radical (unpaired) electrons. The molecule has 0 aliphatic carbocycles. The van der Waals surface area contributed by atoms with Crippen LogP contribution in [-0.2, 0) is 23.0 Å². The van der Waals surface area contributed by atoms with Crippen LogP contribution in [0, 0.1) is 0 Å². The van der Waals surface area contributed by atoms with Crippen molar-refractivity contribution in [2.45, 2.75) is 38.2 Å². The molecule has 2 aromatic carbocycles. The third kappa shape index (κ3) is 5.18. The highest BCUT2D eigenvalue weighted by atomic mass is 16.5. The fraction of sp³-hybridized carbons (Fsp3) is 0.379. The number of nitrogens with zero attached hydrogens (tertiary/aromatic N) is 3. The highest BCUT2D eigenvalue weighted by molar-refractivity contribution is 6.06. The fourth-order valence-corrected chi connectivity index (χ4v) is 5.32. The van der Waals surface area contributed by atoms with Gasteiger partial charge in [0.2, 0.25) is 5.91 Å². The normalized spacial score (nSPS) is 18.1. The number of carbonyl (C=O) groups excluding carboxylic acids is 3. The van der Waals surface area contributed by atoms with E-state index in [-0.39, 0.29) is 18.9 Å². The second-order valence-corrected chi connectivity index (χ2v) is 9.89. The molecule has 1 unspecified atom stereocenters. The van der Waals surface area contributed by atoms with Gasteiger partial charge >= 0.3 is 6.09 Å². The summed E-state index contributed by atoms with van der Waals surface area (Å²) in [6.07, 6.45) is 4.89. The average Bonchev–Trinajstić information content (AvgIpc) is 3.38. The predicted molar refractivity (Wildman–Crippen MR) is 146 cm³/mol. The smallest absolute Gasteiger partial charge is 0.411 e. The minimum atomic E-state index is -0.684. The van der Waals surface area contributed by atoms with E-state index in [9.17, 15) is 14.4 Å². The van der Waals surface area contributed by atoms with Gasteiger partial charge in [-0.2, -0.15) is 5.10 Å². The lowest BCUT2D eigenvalue weighted by Crippen LogP contribution is -2.54. The van der Waals surface area contributed by atoms with Crippen LogP contribution in [0.25, 0.3) is 11.1 Å². The second kappa shape index (κ2) is 10.9. The highest BCUT2D eigenvalue weighted by Gasteiger charge is 2.45. The number of nitrogens with one attached hydrogen (secondary N) is 1. The van der Waals surface area contributed by atoms with Crippen molar-refractivity contribution < 1.29 is 33.3 Å². The summed E-state index contributed by atoms with van der Waals surface area (Å²) in [5, 5.41) is 6.89. The summed E-state index contributed by atoms with van der Waals surface area (Å²) in [6, 6.07) is 8.65. The minimum Gasteiger partial charge on any atom is -0.496 e. The maximum Gasteiger partial charge on any atom is 0.411 e. The van der Waals surface area contributed by atoms with Crippen molar-refractivity contribution in [3.05, 3.63) is 53.9 Å². The van der Waals surface area contributed by atoms with Crippen LogP contribution in [0.5, 0.6) is 17.2 Å². The molecule has 210 valence electrons. The Bertz CT molecular complexity index is 1470. The Kier molecular flexibility index (Phi) is 7.38. The molecule has 11 heteroatoms. The van der Waals surface area contributed by atoms with Crippen molar-refractivity contribution in [2.75, 3.05) is 32.7 Å². The van der Waals surface area contributed by atoms with Crippen molar-refractivity contribution in [1.82, 2.24) is 14.7 Å². The quantitative estimate of drug-likeness (QED) is 0.455. The molecule has 3 amide bonds. The third-order valence-electron chi connectivity index (χ3n) is 7.31. The summed E-state index contributed by atoms with van der Waals surface area (Å²) in [7, 11) is 4.65. The second-order valence-electron chi connectivity index (χ2n) is 9.89. The van der Waals surface area contributed by atoms with Crippen LogP contribution < -0.4 is 19.5 Å². The fourth-order valence-electron chi connectivity index (χ4n) is 5.32. The average molecular weight is 549 g/mol. The third-order valence-corrected chi connectivity index (χ3v) is 7.31. The number of amides is 3. The number of likely N-dealkylation sites (tertiary alicyclic amines) is 1. The van der Waals surface area contributed by atoms with Gasteiger partial charge in [-0.15, -0.1) is 0 Å². The van der Waals surface area contributed by atoms with E-state index in [4.69, 9.17) is 14.2 Å². The number of fused-ring (bicyclic) bond motifs is 1. The molecule has 1 fully saturated rings. The Hall–Kier alpha value is -4.54. The van der Waals surface area contributed by atoms with Crippen molar-refractivity contribution >= 4 is 23.6 Å². The molecular formula is C29H32N4O7. The lowest BCUT2D eigenvalue weighted by Gasteiger charge is -2.43. The van der Waals surface area contributed by atoms with Gasteiger partial charge in [-0.1, -0.05) is 0 Å². The number of methoxy groups -OCH3 is 2. The summed E-state index contributed by atoms with van der Waals surface area (Å²) in [6.45, 7) is 2.48. The van der Waals surface area contributed by atoms with Gasteiger partial charge in [-0.25, -0.2) is 4.79 Å². The van der Waals surface area contributed by atoms with Crippen molar-refractivity contribution in [3.63, 3.8) is 0 Å². The minimum absolute atomic E-state index is 0.0869. The van der Waals surface area contributed by atoms with Crippen LogP contribution in [0.15, 0.2) is 42.7 Å². The zero-order valence-electron chi connectivity index (χ0n) is 23.0. The molecule has 1 saturated heterocycles. The van der Waals surface area contributed by atoms with E-state index in [1.54, 1.807) is 35.1 Å². The Balaban J connectivity index is 1.34. The van der Waals surface area contributed by atoms with E-state index in [1.807, 2.05) is 26.2 Å². The van der Waals surface area contributed by atoms with Crippen LogP contribution in [0.4, 0.5) is 10.5 Å². The molecule has 3 aromatic rings. The van der Waals surface area contributed by atoms with Gasteiger partial charge in [0.1, 0.15) is 22.8 Å². The number of imide groups is 1. The maximum atomic E-state index is 13.6. The number of aromatic nitrogens is 2. The van der Waals surface area contributed by atoms with Gasteiger partial charge in [0, 0.05) is 43.0 Å². The number of aryl methyl sites for hydroxylation is 2. The summed E-state index contributed by atoms with van der Waals surface area (Å²) < 4.78 is 24.2. The molecule has 2 aliphatic heterocycles. The first-order chi connectivity index (χ1) is 19.3. The van der Waals surface area contributed by atoms with Gasteiger partial charge in [-0.3, -0.25) is 24.5 Å². The number of anilines is 1. The van der Waals surface area contributed by atoms with Crippen LogP contribution in [-0.4, -0.2) is 65.6 Å². The molecule has 0 bridgehead atoms. The number of benzene rings is 2. The molecule has 40 heavy (non-hydrogen) atoms. The highest BCUT2D eigenvalue weighted by Crippen LogP contribution is 2.42. The van der Waals surface area contributed by atoms with Crippen LogP contribution in [0.3, 0.4) is 0 Å². The molecule has 11 nitrogen and oxygen atoms in total. The van der Waals surface area contributed by atoms with E-state index in [0.717, 1.165) is 11.1 Å². The predicted octanol–water partition coefficient (Wildman–Crippen LogP) is 4.20.